The first-order valence-electron chi connectivity index (χ1n) is 19.1. The first kappa shape index (κ1) is 32.8. The van der Waals surface area contributed by atoms with E-state index in [1.807, 2.05) is 84.9 Å². The molecule has 0 saturated heterocycles. The molecule has 5 heteroatoms. The number of hydrogen-bond donors (Lipinski definition) is 0. The van der Waals surface area contributed by atoms with Crippen LogP contribution in [0.5, 0.6) is 23.0 Å². The van der Waals surface area contributed by atoms with E-state index in [-0.39, 0.29) is 0 Å². The number of rotatable bonds is 6. The lowest BCUT2D eigenvalue weighted by atomic mass is 9.67. The van der Waals surface area contributed by atoms with Crippen LogP contribution in [0.4, 0.5) is 0 Å². The molecule has 1 aliphatic heterocycles. The van der Waals surface area contributed by atoms with E-state index in [1.54, 1.807) is 0 Å². The van der Waals surface area contributed by atoms with Gasteiger partial charge in [-0.05, 0) is 63.2 Å². The fourth-order valence-corrected chi connectivity index (χ4v) is 8.53. The zero-order valence-corrected chi connectivity index (χ0v) is 30.7. The summed E-state index contributed by atoms with van der Waals surface area (Å²) in [5.74, 6) is 4.50. The maximum absolute atomic E-state index is 6.92. The Morgan fingerprint density at radius 3 is 1.46 bits per heavy atom. The molecule has 0 N–H and O–H groups in total. The Bertz CT molecular complexity index is 2850. The van der Waals surface area contributed by atoms with Crippen LogP contribution in [0.15, 0.2) is 200 Å². The molecule has 0 amide bonds. The zero-order chi connectivity index (χ0) is 37.8. The van der Waals surface area contributed by atoms with Crippen molar-refractivity contribution >= 4 is 0 Å². The molecule has 5 nitrogen and oxygen atoms in total. The molecule has 0 fully saturated rings. The number of para-hydroxylation sites is 1. The van der Waals surface area contributed by atoms with Crippen molar-refractivity contribution in [2.24, 2.45) is 0 Å². The first-order chi connectivity index (χ1) is 28.2. The number of hydrogen-bond acceptors (Lipinski definition) is 5. The fourth-order valence-electron chi connectivity index (χ4n) is 8.53. The summed E-state index contributed by atoms with van der Waals surface area (Å²) in [6, 6.07) is 69.0. The van der Waals surface area contributed by atoms with E-state index < -0.39 is 5.41 Å². The van der Waals surface area contributed by atoms with E-state index >= 15 is 0 Å². The van der Waals surface area contributed by atoms with Gasteiger partial charge in [0.25, 0.3) is 0 Å². The van der Waals surface area contributed by atoms with Crippen LogP contribution in [0.2, 0.25) is 0 Å². The molecule has 2 aliphatic rings. The maximum atomic E-state index is 6.92. The van der Waals surface area contributed by atoms with Crippen molar-refractivity contribution in [3.05, 3.63) is 222 Å². The Kier molecular flexibility index (Phi) is 7.64. The second-order valence-corrected chi connectivity index (χ2v) is 14.3. The van der Waals surface area contributed by atoms with Gasteiger partial charge in [-0.3, -0.25) is 0 Å². The van der Waals surface area contributed by atoms with Gasteiger partial charge >= 0.3 is 0 Å². The van der Waals surface area contributed by atoms with E-state index in [4.69, 9.17) is 24.4 Å². The van der Waals surface area contributed by atoms with Crippen molar-refractivity contribution in [3.63, 3.8) is 0 Å². The summed E-state index contributed by atoms with van der Waals surface area (Å²) in [7, 11) is 0. The lowest BCUT2D eigenvalue weighted by Gasteiger charge is -2.34. The molecule has 0 radical (unpaired) electrons. The number of benzene rings is 8. The zero-order valence-electron chi connectivity index (χ0n) is 30.7. The van der Waals surface area contributed by atoms with Crippen LogP contribution in [-0.2, 0) is 5.41 Å². The summed E-state index contributed by atoms with van der Waals surface area (Å²) >= 11 is 0. The van der Waals surface area contributed by atoms with Crippen LogP contribution in [0, 0.1) is 0 Å². The van der Waals surface area contributed by atoms with E-state index in [1.165, 1.54) is 22.3 Å². The van der Waals surface area contributed by atoms with Crippen molar-refractivity contribution in [1.82, 2.24) is 15.0 Å². The average molecular weight is 732 g/mol. The number of ether oxygens (including phenoxy) is 2. The van der Waals surface area contributed by atoms with Crippen LogP contribution in [0.25, 0.3) is 56.4 Å². The third kappa shape index (κ3) is 5.35. The molecule has 9 aromatic rings. The lowest BCUT2D eigenvalue weighted by molar-refractivity contribution is 0.360. The van der Waals surface area contributed by atoms with Crippen molar-refractivity contribution in [2.75, 3.05) is 0 Å². The molecular weight excluding hydrogens is 699 g/mol. The molecule has 8 aromatic carbocycles. The van der Waals surface area contributed by atoms with Gasteiger partial charge < -0.3 is 9.47 Å². The van der Waals surface area contributed by atoms with Gasteiger partial charge in [-0.1, -0.05) is 176 Å². The molecule has 0 saturated carbocycles. The van der Waals surface area contributed by atoms with Crippen LogP contribution < -0.4 is 9.47 Å². The number of fused-ring (bicyclic) bond motifs is 5. The molecule has 1 aromatic heterocycles. The van der Waals surface area contributed by atoms with Crippen molar-refractivity contribution in [1.29, 1.82) is 0 Å². The van der Waals surface area contributed by atoms with Gasteiger partial charge in [-0.15, -0.1) is 0 Å². The minimum atomic E-state index is -0.537. The molecule has 0 spiro atoms. The molecule has 57 heavy (non-hydrogen) atoms. The predicted octanol–water partition coefficient (Wildman–Crippen LogP) is 12.8. The number of nitrogens with zero attached hydrogens (tertiary/aromatic N) is 3. The van der Waals surface area contributed by atoms with E-state index in [0.717, 1.165) is 38.9 Å². The second kappa shape index (κ2) is 13.3. The molecule has 0 bridgehead atoms. The van der Waals surface area contributed by atoms with Gasteiger partial charge in [0.05, 0.1) is 5.41 Å². The molecule has 11 rings (SSSR count). The van der Waals surface area contributed by atoms with Crippen LogP contribution >= 0.6 is 0 Å². The minimum Gasteiger partial charge on any atom is -0.449 e. The Labute approximate surface area is 330 Å². The summed E-state index contributed by atoms with van der Waals surface area (Å²) in [5.41, 5.74) is 11.2. The topological polar surface area (TPSA) is 57.1 Å². The lowest BCUT2D eigenvalue weighted by Crippen LogP contribution is -2.28. The summed E-state index contributed by atoms with van der Waals surface area (Å²) in [4.78, 5) is 14.8. The molecule has 2 heterocycles. The smallest absolute Gasteiger partial charge is 0.177 e. The largest absolute Gasteiger partial charge is 0.449 e. The third-order valence-electron chi connectivity index (χ3n) is 11.1. The molecular formula is C52H33N3O2. The quantitative estimate of drug-likeness (QED) is 0.170. The standard InChI is InChI=1S/C52H33N3O2/c1-5-17-34(18-6-1)49-53-50(35-19-7-2-8-20-35)55-51(54-49)37-22-15-21-36(31-37)40-28-16-30-45-48(40)57-46-32-42-41-27-13-14-29-43(41)52(38-23-9-3-10-24-38,39-25-11-4-12-26-39)44(42)33-47(46)56-45/h1-33H. The van der Waals surface area contributed by atoms with E-state index in [0.29, 0.717) is 40.5 Å². The van der Waals surface area contributed by atoms with Crippen LogP contribution in [0.1, 0.15) is 22.3 Å². The Balaban J connectivity index is 1.02. The third-order valence-corrected chi connectivity index (χ3v) is 11.1. The van der Waals surface area contributed by atoms with E-state index in [9.17, 15) is 0 Å². The van der Waals surface area contributed by atoms with Gasteiger partial charge in [0.2, 0.25) is 0 Å². The van der Waals surface area contributed by atoms with Gasteiger partial charge in [0.1, 0.15) is 0 Å². The summed E-state index contributed by atoms with van der Waals surface area (Å²) in [6.07, 6.45) is 0. The molecule has 268 valence electrons. The highest BCUT2D eigenvalue weighted by molar-refractivity contribution is 5.89. The summed E-state index contributed by atoms with van der Waals surface area (Å²) in [5, 5.41) is 0. The molecule has 0 atom stereocenters. The highest BCUT2D eigenvalue weighted by Crippen LogP contribution is 2.60. The molecule has 1 aliphatic carbocycles. The van der Waals surface area contributed by atoms with Crippen molar-refractivity contribution < 1.29 is 9.47 Å². The highest BCUT2D eigenvalue weighted by Gasteiger charge is 2.47. The summed E-state index contributed by atoms with van der Waals surface area (Å²) in [6.45, 7) is 0. The monoisotopic (exact) mass is 731 g/mol. The fraction of sp³-hybridized carbons (Fsp3) is 0.0192. The van der Waals surface area contributed by atoms with E-state index in [2.05, 4.69) is 115 Å². The SMILES string of the molecule is c1ccc(-c2nc(-c3ccccc3)nc(-c3cccc(-c4cccc5c4Oc4cc6c(cc4O5)C(c4ccccc4)(c4ccccc4)c4ccccc4-6)c3)n2)cc1. The van der Waals surface area contributed by atoms with Gasteiger partial charge in [0, 0.05) is 22.3 Å². The van der Waals surface area contributed by atoms with Crippen LogP contribution in [0.3, 0.4) is 0 Å². The Morgan fingerprint density at radius 2 is 0.807 bits per heavy atom. The second-order valence-electron chi connectivity index (χ2n) is 14.3. The average Bonchev–Trinajstić information content (AvgIpc) is 3.58. The maximum Gasteiger partial charge on any atom is 0.177 e. The minimum absolute atomic E-state index is 0.537. The van der Waals surface area contributed by atoms with Gasteiger partial charge in [-0.25, -0.2) is 15.0 Å². The highest BCUT2D eigenvalue weighted by atomic mass is 16.6. The van der Waals surface area contributed by atoms with Crippen molar-refractivity contribution in [3.8, 4) is 79.4 Å². The van der Waals surface area contributed by atoms with Gasteiger partial charge in [-0.2, -0.15) is 0 Å². The van der Waals surface area contributed by atoms with Crippen LogP contribution in [-0.4, -0.2) is 15.0 Å². The summed E-state index contributed by atoms with van der Waals surface area (Å²) < 4.78 is 13.7. The Morgan fingerprint density at radius 1 is 0.316 bits per heavy atom. The van der Waals surface area contributed by atoms with Gasteiger partial charge in [0.15, 0.2) is 40.5 Å². The first-order valence-corrected chi connectivity index (χ1v) is 19.1. The van der Waals surface area contributed by atoms with Crippen molar-refractivity contribution in [2.45, 2.75) is 5.41 Å². The Hall–Kier alpha value is -7.63. The molecule has 0 unspecified atom stereocenters. The number of aromatic nitrogens is 3. The predicted molar refractivity (Wildman–Crippen MR) is 225 cm³/mol. The normalized spacial score (nSPS) is 13.0.